The van der Waals surface area contributed by atoms with Crippen LogP contribution in [0.2, 0.25) is 0 Å². The van der Waals surface area contributed by atoms with Crippen molar-refractivity contribution in [2.75, 3.05) is 0 Å². The molecule has 0 unspecified atom stereocenters. The van der Waals surface area contributed by atoms with Gasteiger partial charge in [-0.25, -0.2) is 52.7 Å². The highest BCUT2D eigenvalue weighted by atomic mass is 19.2. The highest BCUT2D eigenvalue weighted by molar-refractivity contribution is 6.12. The van der Waals surface area contributed by atoms with Crippen molar-refractivity contribution in [2.24, 2.45) is 0 Å². The molecule has 0 heterocycles. The molecule has 1 aliphatic carbocycles. The molecule has 4 nitrogen and oxygen atoms in total. The molecule has 16 heteroatoms. The Kier molecular flexibility index (Phi) is 8.60. The van der Waals surface area contributed by atoms with E-state index in [-0.39, 0.29) is 0 Å². The van der Waals surface area contributed by atoms with E-state index in [9.17, 15) is 42.1 Å². The summed E-state index contributed by atoms with van der Waals surface area (Å²) in [5, 5.41) is 38.3. The second kappa shape index (κ2) is 12.1. The summed E-state index contributed by atoms with van der Waals surface area (Å²) in [4.78, 5) is 0. The summed E-state index contributed by atoms with van der Waals surface area (Å²) in [5.41, 5.74) is -20.5. The van der Waals surface area contributed by atoms with Crippen molar-refractivity contribution >= 4 is 16.7 Å². The first-order chi connectivity index (χ1) is 22.6. The molecule has 48 heavy (non-hydrogen) atoms. The molecule has 4 rings (SSSR count). The molecule has 0 bridgehead atoms. The lowest BCUT2D eigenvalue weighted by Gasteiger charge is -2.08. The van der Waals surface area contributed by atoms with Gasteiger partial charge in [0.25, 0.3) is 0 Å². The number of benzene rings is 3. The van der Waals surface area contributed by atoms with Gasteiger partial charge in [-0.2, -0.15) is 21.0 Å². The molecule has 3 aromatic rings. The van der Waals surface area contributed by atoms with Crippen LogP contribution in [0.5, 0.6) is 0 Å². The molecule has 0 N–H and O–H groups in total. The van der Waals surface area contributed by atoms with Crippen molar-refractivity contribution < 1.29 is 52.7 Å². The largest absolute Gasteiger partial charge is 0.203 e. The molecular formula is C32H2F12N4. The maximum atomic E-state index is 15.1. The third kappa shape index (κ3) is 4.60. The van der Waals surface area contributed by atoms with Gasteiger partial charge in [0.15, 0.2) is 69.8 Å². The lowest BCUT2D eigenvalue weighted by atomic mass is 9.98. The summed E-state index contributed by atoms with van der Waals surface area (Å²) in [6.07, 6.45) is 9.66. The maximum Gasteiger partial charge on any atom is 0.180 e. The van der Waals surface area contributed by atoms with Gasteiger partial charge in [0, 0.05) is 16.7 Å². The van der Waals surface area contributed by atoms with Crippen molar-refractivity contribution in [3.8, 4) is 49.0 Å². The molecule has 0 aliphatic heterocycles. The van der Waals surface area contributed by atoms with E-state index in [0.717, 1.165) is 24.3 Å². The summed E-state index contributed by atoms with van der Waals surface area (Å²) in [6.45, 7) is 0. The van der Waals surface area contributed by atoms with Crippen LogP contribution in [0.3, 0.4) is 0 Å². The number of halogens is 12. The van der Waals surface area contributed by atoms with Crippen LogP contribution in [0, 0.1) is 140 Å². The van der Waals surface area contributed by atoms with E-state index < -0.39 is 137 Å². The topological polar surface area (TPSA) is 95.2 Å². The van der Waals surface area contributed by atoms with E-state index in [0.29, 0.717) is 0 Å². The van der Waals surface area contributed by atoms with E-state index in [1.54, 1.807) is 0 Å². The summed E-state index contributed by atoms with van der Waals surface area (Å²) in [6, 6.07) is 3.77. The van der Waals surface area contributed by atoms with Crippen LogP contribution in [0.15, 0.2) is 16.7 Å². The monoisotopic (exact) mass is 670 g/mol. The minimum absolute atomic E-state index is 0.784. The quantitative estimate of drug-likeness (QED) is 0.125. The Hall–Kier alpha value is -6.88. The number of nitriles is 4. The highest BCUT2D eigenvalue weighted by Crippen LogP contribution is 2.57. The zero-order valence-corrected chi connectivity index (χ0v) is 22.5. The number of rotatable bonds is 3. The predicted octanol–water partition coefficient (Wildman–Crippen LogP) is 7.44. The minimum atomic E-state index is -2.50. The first-order valence-electron chi connectivity index (χ1n) is 12.0. The Morgan fingerprint density at radius 3 is 0.729 bits per heavy atom. The summed E-state index contributed by atoms with van der Waals surface area (Å²) >= 11 is 0. The Morgan fingerprint density at radius 2 is 0.562 bits per heavy atom. The maximum absolute atomic E-state index is 15.1. The molecule has 3 aromatic carbocycles. The van der Waals surface area contributed by atoms with Gasteiger partial charge in [-0.05, 0) is 0 Å². The van der Waals surface area contributed by atoms with Crippen LogP contribution in [-0.2, 0) is 0 Å². The van der Waals surface area contributed by atoms with Crippen LogP contribution in [0.25, 0.3) is 16.7 Å². The average Bonchev–Trinajstić information content (AvgIpc) is 3.78. The second-order valence-corrected chi connectivity index (χ2v) is 9.00. The van der Waals surface area contributed by atoms with Crippen LogP contribution < -0.4 is 0 Å². The van der Waals surface area contributed by atoms with Gasteiger partial charge in [-0.15, -0.1) is 12.8 Å². The van der Waals surface area contributed by atoms with E-state index >= 15 is 26.3 Å². The third-order valence-electron chi connectivity index (χ3n) is 6.71. The SMILES string of the molecule is C#Cc1c(F)c(F)c(C(C#N)=C2C(=C(/C#N)c3c(F)c(F)c(C#C)c(F)c3F)/C2=C(/C#N)c2c(F)c(F)c(C#N)c(F)c2F)c(F)c1F. The van der Waals surface area contributed by atoms with Gasteiger partial charge in [0.1, 0.15) is 41.0 Å². The number of nitrogens with zero attached hydrogens (tertiary/aromatic N) is 4. The Labute approximate surface area is 259 Å². The molecule has 1 fully saturated rings. The number of terminal acetylenes is 2. The Bertz CT molecular complexity index is 2060. The number of hydrogen-bond acceptors (Lipinski definition) is 4. The summed E-state index contributed by atoms with van der Waals surface area (Å²) in [5.74, 6) is -26.3. The average molecular weight is 670 g/mol. The molecule has 0 aromatic heterocycles. The van der Waals surface area contributed by atoms with Crippen LogP contribution in [0.4, 0.5) is 52.7 Å². The van der Waals surface area contributed by atoms with Crippen molar-refractivity contribution in [1.82, 2.24) is 0 Å². The molecule has 1 aliphatic rings. The molecule has 0 radical (unpaired) electrons. The van der Waals surface area contributed by atoms with Crippen LogP contribution in [0.1, 0.15) is 33.4 Å². The fourth-order valence-electron chi connectivity index (χ4n) is 4.55. The normalized spacial score (nSPS) is 14.9. The van der Waals surface area contributed by atoms with E-state index in [4.69, 9.17) is 18.1 Å². The molecule has 234 valence electrons. The van der Waals surface area contributed by atoms with Gasteiger partial charge in [0.2, 0.25) is 0 Å². The second-order valence-electron chi connectivity index (χ2n) is 9.00. The molecular weight excluding hydrogens is 668 g/mol. The number of allylic oxidation sites excluding steroid dienone is 6. The lowest BCUT2D eigenvalue weighted by Crippen LogP contribution is -2.06. The summed E-state index contributed by atoms with van der Waals surface area (Å²) < 4.78 is 178. The van der Waals surface area contributed by atoms with Crippen molar-refractivity contribution in [3.05, 3.63) is 120 Å². The summed E-state index contributed by atoms with van der Waals surface area (Å²) in [7, 11) is 0. The fraction of sp³-hybridized carbons (Fsp3) is 0. The van der Waals surface area contributed by atoms with Crippen LogP contribution in [-0.4, -0.2) is 0 Å². The number of hydrogen-bond donors (Lipinski definition) is 0. The molecule has 0 amide bonds. The fourth-order valence-corrected chi connectivity index (χ4v) is 4.55. The zero-order valence-electron chi connectivity index (χ0n) is 22.5. The van der Waals surface area contributed by atoms with Crippen molar-refractivity contribution in [1.29, 1.82) is 21.0 Å². The van der Waals surface area contributed by atoms with Crippen molar-refractivity contribution in [3.63, 3.8) is 0 Å². The van der Waals surface area contributed by atoms with Crippen LogP contribution >= 0.6 is 0 Å². The molecule has 1 saturated carbocycles. The smallest absolute Gasteiger partial charge is 0.180 e. The van der Waals surface area contributed by atoms with Gasteiger partial charge >= 0.3 is 0 Å². The van der Waals surface area contributed by atoms with Gasteiger partial charge in [-0.3, -0.25) is 0 Å². The Balaban J connectivity index is 2.38. The standard InChI is InChI=1S/C32H2F12N4/c1-3-9-21(33)27(39)18(28(40)22(9)34)11(5-45)15-16(12(6-46)19-29(41)23(35)10(4-2)24(36)30(19)42)17(15)13(7-47)20-31(43)25(37)14(8-48)26(38)32(20)44/h1-2H/b15-11+,16-12?,17-13+. The predicted molar refractivity (Wildman–Crippen MR) is 137 cm³/mol. The molecule has 0 saturated heterocycles. The van der Waals surface area contributed by atoms with E-state index in [1.165, 1.54) is 11.8 Å². The van der Waals surface area contributed by atoms with Gasteiger partial charge in [-0.1, -0.05) is 11.8 Å². The lowest BCUT2D eigenvalue weighted by molar-refractivity contribution is 0.447. The van der Waals surface area contributed by atoms with E-state index in [1.807, 2.05) is 0 Å². The van der Waals surface area contributed by atoms with Crippen molar-refractivity contribution in [2.45, 2.75) is 0 Å². The Morgan fingerprint density at radius 1 is 0.354 bits per heavy atom. The van der Waals surface area contributed by atoms with E-state index in [2.05, 4.69) is 0 Å². The molecule has 0 atom stereocenters. The third-order valence-corrected chi connectivity index (χ3v) is 6.71. The first-order valence-corrected chi connectivity index (χ1v) is 12.0. The van der Waals surface area contributed by atoms with Gasteiger partial charge in [0.05, 0.1) is 33.4 Å². The molecule has 0 spiro atoms. The van der Waals surface area contributed by atoms with Gasteiger partial charge < -0.3 is 0 Å². The first kappa shape index (κ1) is 34.0. The zero-order chi connectivity index (χ0) is 36.1. The minimum Gasteiger partial charge on any atom is -0.203 e. The highest BCUT2D eigenvalue weighted by Gasteiger charge is 2.46.